The Morgan fingerprint density at radius 2 is 1.70 bits per heavy atom. The van der Waals surface area contributed by atoms with Crippen LogP contribution in [0.2, 0.25) is 5.02 Å². The van der Waals surface area contributed by atoms with Crippen LogP contribution in [-0.4, -0.2) is 93.6 Å². The molecule has 0 spiro atoms. The second-order valence-electron chi connectivity index (χ2n) is 15.3. The van der Waals surface area contributed by atoms with E-state index >= 15 is 4.39 Å². The van der Waals surface area contributed by atoms with Crippen LogP contribution in [0.5, 0.6) is 0 Å². The minimum Gasteiger partial charge on any atom is -0.365 e. The van der Waals surface area contributed by atoms with Crippen LogP contribution in [-0.2, 0) is 14.4 Å². The van der Waals surface area contributed by atoms with Crippen molar-refractivity contribution in [3.63, 3.8) is 0 Å². The molecule has 298 valence electrons. The van der Waals surface area contributed by atoms with Crippen molar-refractivity contribution in [1.29, 1.82) is 0 Å². The number of fused-ring (bicyclic) bond motifs is 1. The molecule has 4 N–H and O–H groups in total. The zero-order valence-electron chi connectivity index (χ0n) is 31.6. The van der Waals surface area contributed by atoms with E-state index in [0.29, 0.717) is 45.9 Å². The molecule has 2 unspecified atom stereocenters. The van der Waals surface area contributed by atoms with Crippen LogP contribution in [0.4, 0.5) is 21.7 Å². The van der Waals surface area contributed by atoms with E-state index in [1.807, 2.05) is 43.0 Å². The number of hydrogen-bond acceptors (Lipinski definition) is 12. The standard InChI is InChI=1S/C40H43ClFN9O5S/c1-21-4-3-5-28(41)35(21)50-20-31(36(43)53)57-40(50)46-32-18-33(45-22(2)44-32)49-14-8-23(9-15-49)19-48-12-10-24(11-13-48)25-16-26-27(17-29(25)42)39(56)51(38(26)55)30-6-7-34(52)47-37(30)54/h3-5,16-18,20,23-24,30,40H,6-15,19H2,1-2H3,(H2,43,53)(H,44,45,46)(H,47,52,54). The number of nitrogens with one attached hydrogen (secondary N) is 2. The number of anilines is 3. The molecular formula is C40H43ClFN9O5S. The fourth-order valence-corrected chi connectivity index (χ4v) is 9.93. The second-order valence-corrected chi connectivity index (χ2v) is 16.8. The number of rotatable bonds is 9. The molecule has 5 aliphatic heterocycles. The summed E-state index contributed by atoms with van der Waals surface area (Å²) >= 11 is 7.92. The molecule has 5 amide bonds. The molecule has 17 heteroatoms. The average Bonchev–Trinajstić information content (AvgIpc) is 3.69. The molecule has 0 aliphatic carbocycles. The van der Waals surface area contributed by atoms with E-state index in [9.17, 15) is 24.0 Å². The zero-order valence-corrected chi connectivity index (χ0v) is 33.2. The number of benzene rings is 2. The van der Waals surface area contributed by atoms with Gasteiger partial charge in [-0.15, -0.1) is 0 Å². The number of hydrogen-bond donors (Lipinski definition) is 3. The fraction of sp³-hybridized carbons (Fsp3) is 0.425. The number of thioether (sulfide) groups is 1. The first-order valence-corrected chi connectivity index (χ1v) is 20.5. The van der Waals surface area contributed by atoms with E-state index in [1.54, 1.807) is 6.20 Å². The Morgan fingerprint density at radius 1 is 0.982 bits per heavy atom. The molecule has 0 radical (unpaired) electrons. The normalized spacial score (nSPS) is 22.2. The molecule has 6 heterocycles. The quantitative estimate of drug-likeness (QED) is 0.256. The summed E-state index contributed by atoms with van der Waals surface area (Å²) in [6, 6.07) is 9.14. The molecule has 5 aliphatic rings. The summed E-state index contributed by atoms with van der Waals surface area (Å²) in [7, 11) is 0. The van der Waals surface area contributed by atoms with Crippen molar-refractivity contribution in [2.75, 3.05) is 47.8 Å². The number of likely N-dealkylation sites (tertiary alicyclic amines) is 1. The van der Waals surface area contributed by atoms with Gasteiger partial charge in [-0.05, 0) is 100 Å². The molecule has 57 heavy (non-hydrogen) atoms. The lowest BCUT2D eigenvalue weighted by molar-refractivity contribution is -0.136. The highest BCUT2D eigenvalue weighted by molar-refractivity contribution is 8.05. The Bertz CT molecular complexity index is 2190. The number of carbonyl (C=O) groups excluding carboxylic acids is 5. The van der Waals surface area contributed by atoms with Crippen molar-refractivity contribution in [1.82, 2.24) is 25.1 Å². The number of carbonyl (C=O) groups is 5. The summed E-state index contributed by atoms with van der Waals surface area (Å²) < 4.78 is 15.5. The third-order valence-corrected chi connectivity index (χ3v) is 13.0. The first kappa shape index (κ1) is 38.8. The van der Waals surface area contributed by atoms with Crippen molar-refractivity contribution >= 4 is 70.2 Å². The van der Waals surface area contributed by atoms with Gasteiger partial charge in [-0.25, -0.2) is 14.4 Å². The van der Waals surface area contributed by atoms with Crippen LogP contribution >= 0.6 is 23.4 Å². The van der Waals surface area contributed by atoms with Crippen molar-refractivity contribution < 1.29 is 28.4 Å². The van der Waals surface area contributed by atoms with E-state index in [1.165, 1.54) is 17.8 Å². The predicted molar refractivity (Wildman–Crippen MR) is 214 cm³/mol. The molecule has 8 rings (SSSR count). The number of aryl methyl sites for hydroxylation is 2. The van der Waals surface area contributed by atoms with Crippen LogP contribution < -0.4 is 26.2 Å². The van der Waals surface area contributed by atoms with Gasteiger partial charge in [0.2, 0.25) is 11.8 Å². The van der Waals surface area contributed by atoms with Crippen LogP contribution in [0.15, 0.2) is 47.5 Å². The highest BCUT2D eigenvalue weighted by Gasteiger charge is 2.45. The number of aromatic nitrogens is 2. The van der Waals surface area contributed by atoms with E-state index in [2.05, 4.69) is 25.4 Å². The second kappa shape index (κ2) is 15.7. The van der Waals surface area contributed by atoms with Gasteiger partial charge in [0.1, 0.15) is 29.3 Å². The summed E-state index contributed by atoms with van der Waals surface area (Å²) in [6.45, 7) is 7.98. The number of imide groups is 2. The average molecular weight is 816 g/mol. The van der Waals surface area contributed by atoms with Gasteiger partial charge in [0.25, 0.3) is 17.7 Å². The van der Waals surface area contributed by atoms with Gasteiger partial charge in [-0.2, -0.15) is 0 Å². The SMILES string of the molecule is Cc1nc(NC2SC(C(N)=O)=CN2c2c(C)cccc2Cl)cc(N2CCC(CN3CCC(c4cc5c(cc4F)C(=O)N(C4CCC(=O)NC4=O)C5=O)CC3)CC2)n1. The first-order valence-electron chi connectivity index (χ1n) is 19.2. The van der Waals surface area contributed by atoms with Gasteiger partial charge >= 0.3 is 0 Å². The van der Waals surface area contributed by atoms with Crippen molar-refractivity contribution in [2.24, 2.45) is 11.7 Å². The number of para-hydroxylation sites is 1. The molecule has 0 bridgehead atoms. The molecule has 0 saturated carbocycles. The van der Waals surface area contributed by atoms with Crippen LogP contribution in [0, 0.1) is 25.6 Å². The molecule has 2 atom stereocenters. The molecular weight excluding hydrogens is 773 g/mol. The highest BCUT2D eigenvalue weighted by Crippen LogP contribution is 2.42. The summed E-state index contributed by atoms with van der Waals surface area (Å²) in [6.07, 6.45) is 5.18. The third-order valence-electron chi connectivity index (χ3n) is 11.6. The van der Waals surface area contributed by atoms with Crippen LogP contribution in [0.3, 0.4) is 0 Å². The lowest BCUT2D eigenvalue weighted by Gasteiger charge is -2.38. The van der Waals surface area contributed by atoms with E-state index in [4.69, 9.17) is 22.3 Å². The van der Waals surface area contributed by atoms with Crippen molar-refractivity contribution in [3.05, 3.63) is 86.4 Å². The van der Waals surface area contributed by atoms with Gasteiger partial charge in [0.05, 0.1) is 26.7 Å². The van der Waals surface area contributed by atoms with Gasteiger partial charge in [-0.3, -0.25) is 34.2 Å². The molecule has 3 saturated heterocycles. The van der Waals surface area contributed by atoms with Crippen LogP contribution in [0.25, 0.3) is 0 Å². The lowest BCUT2D eigenvalue weighted by atomic mass is 9.86. The summed E-state index contributed by atoms with van der Waals surface area (Å²) in [5, 5.41) is 6.22. The summed E-state index contributed by atoms with van der Waals surface area (Å²) in [4.78, 5) is 80.1. The van der Waals surface area contributed by atoms with Crippen LogP contribution in [0.1, 0.15) is 82.1 Å². The molecule has 3 fully saturated rings. The van der Waals surface area contributed by atoms with Crippen molar-refractivity contribution in [2.45, 2.75) is 69.8 Å². The topological polar surface area (TPSA) is 174 Å². The minimum atomic E-state index is -1.09. The highest BCUT2D eigenvalue weighted by atomic mass is 35.5. The Hall–Kier alpha value is -5.06. The maximum absolute atomic E-state index is 15.5. The third kappa shape index (κ3) is 7.69. The minimum absolute atomic E-state index is 0.0209. The summed E-state index contributed by atoms with van der Waals surface area (Å²) in [5.74, 6) is -1.07. The predicted octanol–water partition coefficient (Wildman–Crippen LogP) is 4.66. The molecule has 2 aromatic carbocycles. The number of primary amides is 1. The molecule has 1 aromatic heterocycles. The van der Waals surface area contributed by atoms with E-state index in [-0.39, 0.29) is 29.9 Å². The van der Waals surface area contributed by atoms with Crippen molar-refractivity contribution in [3.8, 4) is 0 Å². The largest absolute Gasteiger partial charge is 0.365 e. The zero-order chi connectivity index (χ0) is 40.1. The monoisotopic (exact) mass is 815 g/mol. The Morgan fingerprint density at radius 3 is 2.39 bits per heavy atom. The first-order chi connectivity index (χ1) is 27.3. The maximum Gasteiger partial charge on any atom is 0.262 e. The van der Waals surface area contributed by atoms with Gasteiger partial charge in [-0.1, -0.05) is 35.5 Å². The Kier molecular flexibility index (Phi) is 10.7. The fourth-order valence-electron chi connectivity index (χ4n) is 8.62. The summed E-state index contributed by atoms with van der Waals surface area (Å²) in [5.41, 5.74) is 7.48. The Labute approximate surface area is 338 Å². The number of amides is 5. The van der Waals surface area contributed by atoms with Gasteiger partial charge in [0, 0.05) is 38.3 Å². The number of nitrogens with two attached hydrogens (primary N) is 1. The number of nitrogens with zero attached hydrogens (tertiary/aromatic N) is 6. The van der Waals surface area contributed by atoms with E-state index in [0.717, 1.165) is 73.6 Å². The lowest BCUT2D eigenvalue weighted by Crippen LogP contribution is -2.54. The number of piperidine rings is 3. The van der Waals surface area contributed by atoms with E-state index < -0.39 is 46.9 Å². The smallest absolute Gasteiger partial charge is 0.262 e. The van der Waals surface area contributed by atoms with Gasteiger partial charge in [0.15, 0.2) is 5.50 Å². The maximum atomic E-state index is 15.5. The molecule has 14 nitrogen and oxygen atoms in total. The Balaban J connectivity index is 0.858. The number of halogens is 2. The van der Waals surface area contributed by atoms with Gasteiger partial charge < -0.3 is 25.8 Å². The molecule has 3 aromatic rings.